The molecule has 10 heteroatoms. The number of fused-ring (bicyclic) bond motifs is 1. The molecule has 26 heavy (non-hydrogen) atoms. The second-order valence-electron chi connectivity index (χ2n) is 5.65. The normalized spacial score (nSPS) is 21.9. The standard InChI is InChI=1S/C16H16N4O4S.ClH/c17-11-14(22)20-12(16(23)24)10(8-25-15(11)20)2-1-5-19-6-3-9(4-7-19)13(18)21;/h1-4,6-7,11,15H,5,8,17H2,(H2-,18,21,23,24);1H/b2-1+;/t11?,15-;/m1./s1. The number of thioether (sulfide) groups is 1. The van der Waals surface area contributed by atoms with Crippen LogP contribution in [0.25, 0.3) is 0 Å². The fraction of sp³-hybridized carbons (Fsp3) is 0.250. The lowest BCUT2D eigenvalue weighted by atomic mass is 10.0. The topological polar surface area (TPSA) is 133 Å². The largest absolute Gasteiger partial charge is 0.543 e. The van der Waals surface area contributed by atoms with Gasteiger partial charge in [-0.3, -0.25) is 14.5 Å². The van der Waals surface area contributed by atoms with Gasteiger partial charge in [0.1, 0.15) is 11.4 Å². The summed E-state index contributed by atoms with van der Waals surface area (Å²) in [5.74, 6) is -1.85. The Bertz CT molecular complexity index is 809. The molecule has 0 saturated carbocycles. The lowest BCUT2D eigenvalue weighted by Crippen LogP contribution is -2.69. The van der Waals surface area contributed by atoms with Gasteiger partial charge in [-0.15, -0.1) is 24.2 Å². The molecule has 4 N–H and O–H groups in total. The Balaban J connectivity index is 0.00000243. The highest BCUT2D eigenvalue weighted by atomic mass is 35.5. The molecule has 1 fully saturated rings. The van der Waals surface area contributed by atoms with E-state index in [-0.39, 0.29) is 23.5 Å². The van der Waals surface area contributed by atoms with Gasteiger partial charge in [0.2, 0.25) is 11.8 Å². The number of β-lactam (4-membered cyclic amide) rings is 1. The van der Waals surface area contributed by atoms with Crippen LogP contribution in [0.3, 0.4) is 0 Å². The SMILES string of the molecule is Cl.NC(=O)c1cc[n+](C/C=C/C2=C(C(=O)[O-])N3C(=O)C(N)[C@H]3SC2)cc1. The molecule has 2 atom stereocenters. The van der Waals surface area contributed by atoms with Crippen LogP contribution in [-0.2, 0) is 16.1 Å². The number of hydrogen-bond donors (Lipinski definition) is 2. The molecule has 8 nitrogen and oxygen atoms in total. The van der Waals surface area contributed by atoms with E-state index in [2.05, 4.69) is 0 Å². The molecule has 3 rings (SSSR count). The molecule has 0 radical (unpaired) electrons. The van der Waals surface area contributed by atoms with Crippen LogP contribution in [-0.4, -0.2) is 39.9 Å². The molecule has 1 aromatic heterocycles. The Morgan fingerprint density at radius 3 is 2.62 bits per heavy atom. The summed E-state index contributed by atoms with van der Waals surface area (Å²) in [6.07, 6.45) is 6.83. The van der Waals surface area contributed by atoms with Crippen molar-refractivity contribution in [2.45, 2.75) is 18.0 Å². The fourth-order valence-corrected chi connectivity index (χ4v) is 3.98. The van der Waals surface area contributed by atoms with Crippen LogP contribution in [0.4, 0.5) is 0 Å². The summed E-state index contributed by atoms with van der Waals surface area (Å²) in [5, 5.41) is 11.1. The number of amides is 2. The van der Waals surface area contributed by atoms with E-state index in [1.54, 1.807) is 41.2 Å². The van der Waals surface area contributed by atoms with Crippen LogP contribution >= 0.6 is 24.2 Å². The van der Waals surface area contributed by atoms with Gasteiger partial charge in [0.05, 0.1) is 17.2 Å². The second-order valence-corrected chi connectivity index (χ2v) is 6.75. The Kier molecular flexibility index (Phi) is 6.06. The number of allylic oxidation sites excluding steroid dienone is 2. The van der Waals surface area contributed by atoms with Gasteiger partial charge in [0.25, 0.3) is 0 Å². The van der Waals surface area contributed by atoms with Crippen LogP contribution in [0.2, 0.25) is 0 Å². The minimum absolute atomic E-state index is 0. The Morgan fingerprint density at radius 2 is 2.04 bits per heavy atom. The van der Waals surface area contributed by atoms with E-state index in [9.17, 15) is 19.5 Å². The maximum Gasteiger partial charge on any atom is 0.249 e. The first-order chi connectivity index (χ1) is 11.9. The smallest absolute Gasteiger partial charge is 0.249 e. The summed E-state index contributed by atoms with van der Waals surface area (Å²) < 4.78 is 1.80. The first-order valence-electron chi connectivity index (χ1n) is 7.50. The van der Waals surface area contributed by atoms with Crippen molar-refractivity contribution in [2.75, 3.05) is 5.75 Å². The van der Waals surface area contributed by atoms with Crippen molar-refractivity contribution in [3.05, 3.63) is 53.5 Å². The molecule has 0 bridgehead atoms. The van der Waals surface area contributed by atoms with E-state index >= 15 is 0 Å². The summed E-state index contributed by atoms with van der Waals surface area (Å²) in [6.45, 7) is 0.463. The Morgan fingerprint density at radius 1 is 1.38 bits per heavy atom. The number of halogens is 1. The van der Waals surface area contributed by atoms with Crippen LogP contribution in [0, 0.1) is 0 Å². The summed E-state index contributed by atoms with van der Waals surface area (Å²) in [5.41, 5.74) is 11.7. The number of pyridine rings is 1. The van der Waals surface area contributed by atoms with Crippen molar-refractivity contribution in [2.24, 2.45) is 11.5 Å². The highest BCUT2D eigenvalue weighted by Crippen LogP contribution is 2.39. The third kappa shape index (κ3) is 3.59. The predicted molar refractivity (Wildman–Crippen MR) is 94.6 cm³/mol. The number of hydrogen-bond acceptors (Lipinski definition) is 6. The molecule has 0 aliphatic carbocycles. The zero-order valence-electron chi connectivity index (χ0n) is 13.5. The predicted octanol–water partition coefficient (Wildman–Crippen LogP) is -1.70. The van der Waals surface area contributed by atoms with Gasteiger partial charge in [-0.25, -0.2) is 4.57 Å². The van der Waals surface area contributed by atoms with Gasteiger partial charge in [0.15, 0.2) is 18.9 Å². The van der Waals surface area contributed by atoms with E-state index in [1.165, 1.54) is 16.7 Å². The van der Waals surface area contributed by atoms with Gasteiger partial charge in [0, 0.05) is 17.9 Å². The van der Waals surface area contributed by atoms with Gasteiger partial charge < -0.3 is 21.4 Å². The van der Waals surface area contributed by atoms with E-state index in [4.69, 9.17) is 11.5 Å². The van der Waals surface area contributed by atoms with Crippen LogP contribution in [0.15, 0.2) is 47.9 Å². The van der Waals surface area contributed by atoms with Crippen molar-refractivity contribution in [3.8, 4) is 0 Å². The number of aromatic nitrogens is 1. The van der Waals surface area contributed by atoms with Gasteiger partial charge in [-0.2, -0.15) is 0 Å². The number of nitrogens with zero attached hydrogens (tertiary/aromatic N) is 2. The number of nitrogens with two attached hydrogens (primary N) is 2. The molecule has 3 heterocycles. The zero-order valence-corrected chi connectivity index (χ0v) is 15.2. The Hall–Kier alpha value is -2.36. The van der Waals surface area contributed by atoms with Crippen molar-refractivity contribution in [1.29, 1.82) is 0 Å². The maximum absolute atomic E-state index is 11.8. The van der Waals surface area contributed by atoms with Crippen molar-refractivity contribution in [3.63, 3.8) is 0 Å². The first kappa shape index (κ1) is 20.0. The Labute approximate surface area is 159 Å². The van der Waals surface area contributed by atoms with E-state index in [1.807, 2.05) is 0 Å². The first-order valence-corrected chi connectivity index (χ1v) is 8.55. The molecule has 1 aromatic rings. The molecule has 1 saturated heterocycles. The molecule has 2 aliphatic rings. The van der Waals surface area contributed by atoms with E-state index in [0.717, 1.165) is 0 Å². The number of primary amides is 1. The number of carboxylic acids is 1. The molecule has 2 aliphatic heterocycles. The van der Waals surface area contributed by atoms with E-state index in [0.29, 0.717) is 23.4 Å². The fourth-order valence-electron chi connectivity index (χ4n) is 2.72. The number of aliphatic carboxylic acids is 1. The molecule has 1 unspecified atom stereocenters. The highest BCUT2D eigenvalue weighted by molar-refractivity contribution is 8.00. The number of carbonyl (C=O) groups excluding carboxylic acids is 3. The van der Waals surface area contributed by atoms with Gasteiger partial charge >= 0.3 is 0 Å². The van der Waals surface area contributed by atoms with E-state index < -0.39 is 23.8 Å². The third-order valence-corrected chi connectivity index (χ3v) is 5.37. The molecular formula is C16H17ClN4O4S. The second kappa shape index (κ2) is 7.90. The maximum atomic E-state index is 11.8. The number of carbonyl (C=O) groups is 3. The van der Waals surface area contributed by atoms with Crippen LogP contribution < -0.4 is 21.1 Å². The minimum Gasteiger partial charge on any atom is -0.543 e. The van der Waals surface area contributed by atoms with Gasteiger partial charge in [-0.1, -0.05) is 6.08 Å². The molecule has 2 amide bonds. The summed E-state index contributed by atoms with van der Waals surface area (Å²) >= 11 is 1.43. The van der Waals surface area contributed by atoms with Crippen molar-refractivity contribution < 1.29 is 24.1 Å². The molecular weight excluding hydrogens is 380 g/mol. The zero-order chi connectivity index (χ0) is 18.1. The minimum atomic E-state index is -1.39. The quantitative estimate of drug-likeness (QED) is 0.450. The van der Waals surface area contributed by atoms with Gasteiger partial charge in [-0.05, 0) is 11.6 Å². The molecule has 138 valence electrons. The average molecular weight is 397 g/mol. The average Bonchev–Trinajstić information content (AvgIpc) is 2.60. The molecule has 0 spiro atoms. The number of carboxylic acid groups (broad SMARTS) is 1. The highest BCUT2D eigenvalue weighted by Gasteiger charge is 2.49. The van der Waals surface area contributed by atoms with Crippen LogP contribution in [0.5, 0.6) is 0 Å². The summed E-state index contributed by atoms with van der Waals surface area (Å²) in [7, 11) is 0. The lowest BCUT2D eigenvalue weighted by molar-refractivity contribution is -0.687. The molecule has 0 aromatic carbocycles. The van der Waals surface area contributed by atoms with Crippen LogP contribution in [0.1, 0.15) is 10.4 Å². The van der Waals surface area contributed by atoms with Crippen molar-refractivity contribution in [1.82, 2.24) is 4.90 Å². The third-order valence-electron chi connectivity index (χ3n) is 4.04. The lowest BCUT2D eigenvalue weighted by Gasteiger charge is -2.49. The summed E-state index contributed by atoms with van der Waals surface area (Å²) in [6, 6.07) is 2.54. The monoisotopic (exact) mass is 396 g/mol. The number of rotatable bonds is 5. The summed E-state index contributed by atoms with van der Waals surface area (Å²) in [4.78, 5) is 35.5. The van der Waals surface area contributed by atoms with Crippen molar-refractivity contribution >= 4 is 42.0 Å².